The minimum Gasteiger partial charge on any atom is -0.381 e. The van der Waals surface area contributed by atoms with Gasteiger partial charge < -0.3 is 10.1 Å². The van der Waals surface area contributed by atoms with E-state index in [2.05, 4.69) is 38.4 Å². The Balaban J connectivity index is 1.89. The van der Waals surface area contributed by atoms with Crippen LogP contribution in [0.3, 0.4) is 0 Å². The first-order valence-corrected chi connectivity index (χ1v) is 8.59. The van der Waals surface area contributed by atoms with E-state index in [4.69, 9.17) is 9.72 Å². The molecule has 2 fully saturated rings. The van der Waals surface area contributed by atoms with Crippen LogP contribution in [0.1, 0.15) is 57.7 Å². The molecule has 1 saturated heterocycles. The molecule has 2 atom stereocenters. The number of ether oxygens (including phenoxy) is 1. The Labute approximate surface area is 126 Å². The Bertz CT molecular complexity index is 469. The minimum atomic E-state index is -0.0220. The first kappa shape index (κ1) is 14.5. The van der Waals surface area contributed by atoms with E-state index in [1.807, 2.05) is 11.3 Å². The van der Waals surface area contributed by atoms with Crippen LogP contribution >= 0.6 is 11.3 Å². The lowest BCUT2D eigenvalue weighted by Crippen LogP contribution is -2.47. The SMILES string of the molecule is CC(C)(C)c1csc(C(C)(NC2CC2)C2CCOC2)n1. The maximum atomic E-state index is 5.64. The summed E-state index contributed by atoms with van der Waals surface area (Å²) in [5, 5.41) is 7.33. The molecule has 4 heteroatoms. The van der Waals surface area contributed by atoms with Gasteiger partial charge in [0.2, 0.25) is 0 Å². The minimum absolute atomic E-state index is 0.0220. The standard InChI is InChI=1S/C16H26N2OS/c1-15(2,3)13-10-20-14(17-13)16(4,18-12-5-6-12)11-7-8-19-9-11/h10-12,18H,5-9H2,1-4H3. The Morgan fingerprint density at radius 3 is 2.50 bits per heavy atom. The van der Waals surface area contributed by atoms with Crippen molar-refractivity contribution >= 4 is 11.3 Å². The van der Waals surface area contributed by atoms with Gasteiger partial charge in [-0.15, -0.1) is 11.3 Å². The van der Waals surface area contributed by atoms with Crippen LogP contribution in [0.4, 0.5) is 0 Å². The largest absolute Gasteiger partial charge is 0.381 e. The van der Waals surface area contributed by atoms with E-state index in [9.17, 15) is 0 Å². The molecule has 1 aromatic rings. The topological polar surface area (TPSA) is 34.1 Å². The van der Waals surface area contributed by atoms with Crippen molar-refractivity contribution < 1.29 is 4.74 Å². The Morgan fingerprint density at radius 1 is 1.25 bits per heavy atom. The summed E-state index contributed by atoms with van der Waals surface area (Å²) in [5.74, 6) is 0.544. The van der Waals surface area contributed by atoms with Crippen LogP contribution in [0.25, 0.3) is 0 Å². The van der Waals surface area contributed by atoms with Crippen LogP contribution in [-0.4, -0.2) is 24.2 Å². The summed E-state index contributed by atoms with van der Waals surface area (Å²) >= 11 is 1.81. The summed E-state index contributed by atoms with van der Waals surface area (Å²) in [6.07, 6.45) is 3.75. The van der Waals surface area contributed by atoms with Crippen LogP contribution in [0.2, 0.25) is 0 Å². The second kappa shape index (κ2) is 5.08. The summed E-state index contributed by atoms with van der Waals surface area (Å²) in [4.78, 5) is 4.98. The molecule has 3 nitrogen and oxygen atoms in total. The van der Waals surface area contributed by atoms with E-state index in [1.165, 1.54) is 23.5 Å². The molecular weight excluding hydrogens is 268 g/mol. The average molecular weight is 294 g/mol. The van der Waals surface area contributed by atoms with Gasteiger partial charge in [0.15, 0.2) is 0 Å². The van der Waals surface area contributed by atoms with Crippen LogP contribution in [0, 0.1) is 5.92 Å². The van der Waals surface area contributed by atoms with Crippen LogP contribution in [0.5, 0.6) is 0 Å². The van der Waals surface area contributed by atoms with Gasteiger partial charge in [-0.2, -0.15) is 0 Å². The summed E-state index contributed by atoms with van der Waals surface area (Å²) < 4.78 is 5.64. The van der Waals surface area contributed by atoms with Crippen molar-refractivity contribution in [1.29, 1.82) is 0 Å². The second-order valence-electron chi connectivity index (χ2n) is 7.47. The van der Waals surface area contributed by atoms with Gasteiger partial charge in [-0.1, -0.05) is 20.8 Å². The van der Waals surface area contributed by atoms with Crippen LogP contribution in [-0.2, 0) is 15.7 Å². The van der Waals surface area contributed by atoms with Crippen molar-refractivity contribution in [3.05, 3.63) is 16.1 Å². The predicted molar refractivity (Wildman–Crippen MR) is 83.2 cm³/mol. The maximum absolute atomic E-state index is 5.64. The number of nitrogens with one attached hydrogen (secondary N) is 1. The third-order valence-electron chi connectivity index (χ3n) is 4.54. The number of hydrogen-bond acceptors (Lipinski definition) is 4. The fourth-order valence-corrected chi connectivity index (χ4v) is 4.10. The third kappa shape index (κ3) is 2.78. The zero-order chi connectivity index (χ0) is 14.4. The number of rotatable bonds is 4. The predicted octanol–water partition coefficient (Wildman–Crippen LogP) is 3.44. The molecule has 2 heterocycles. The summed E-state index contributed by atoms with van der Waals surface area (Å²) in [5.41, 5.74) is 1.31. The Morgan fingerprint density at radius 2 is 2.00 bits per heavy atom. The fourth-order valence-electron chi connectivity index (χ4n) is 2.85. The molecule has 0 spiro atoms. The average Bonchev–Trinajstić information content (AvgIpc) is 2.92. The zero-order valence-electron chi connectivity index (χ0n) is 13.0. The molecule has 1 aromatic heterocycles. The molecule has 0 radical (unpaired) electrons. The van der Waals surface area contributed by atoms with Gasteiger partial charge in [0.05, 0.1) is 17.8 Å². The van der Waals surface area contributed by atoms with E-state index >= 15 is 0 Å². The lowest BCUT2D eigenvalue weighted by atomic mass is 9.85. The van der Waals surface area contributed by atoms with E-state index in [1.54, 1.807) is 0 Å². The van der Waals surface area contributed by atoms with Gasteiger partial charge in [0.25, 0.3) is 0 Å². The highest BCUT2D eigenvalue weighted by Crippen LogP contribution is 2.40. The molecule has 0 amide bonds. The molecule has 112 valence electrons. The van der Waals surface area contributed by atoms with E-state index in [0.717, 1.165) is 19.6 Å². The Hall–Kier alpha value is -0.450. The summed E-state index contributed by atoms with van der Waals surface area (Å²) in [6.45, 7) is 10.8. The molecule has 2 aliphatic rings. The van der Waals surface area contributed by atoms with Gasteiger partial charge in [0.1, 0.15) is 5.01 Å². The highest BCUT2D eigenvalue weighted by Gasteiger charge is 2.44. The van der Waals surface area contributed by atoms with Crippen LogP contribution < -0.4 is 5.32 Å². The maximum Gasteiger partial charge on any atom is 0.113 e. The smallest absolute Gasteiger partial charge is 0.113 e. The molecule has 3 rings (SSSR count). The molecule has 1 saturated carbocycles. The zero-order valence-corrected chi connectivity index (χ0v) is 13.8. The van der Waals surface area contributed by atoms with Crippen LogP contribution in [0.15, 0.2) is 5.38 Å². The number of hydrogen-bond donors (Lipinski definition) is 1. The number of thiazole rings is 1. The quantitative estimate of drug-likeness (QED) is 0.923. The molecule has 0 aromatic carbocycles. The van der Waals surface area contributed by atoms with Gasteiger partial charge in [-0.25, -0.2) is 4.98 Å². The van der Waals surface area contributed by atoms with Crippen molar-refractivity contribution in [2.75, 3.05) is 13.2 Å². The second-order valence-corrected chi connectivity index (χ2v) is 8.33. The van der Waals surface area contributed by atoms with Crippen molar-refractivity contribution in [2.45, 2.75) is 64.0 Å². The normalized spacial score (nSPS) is 26.7. The molecular formula is C16H26N2OS. The van der Waals surface area contributed by atoms with Gasteiger partial charge in [-0.05, 0) is 26.2 Å². The third-order valence-corrected chi connectivity index (χ3v) is 5.62. The summed E-state index contributed by atoms with van der Waals surface area (Å²) in [7, 11) is 0. The van der Waals surface area contributed by atoms with Crippen molar-refractivity contribution in [1.82, 2.24) is 10.3 Å². The van der Waals surface area contributed by atoms with Gasteiger partial charge >= 0.3 is 0 Å². The first-order valence-electron chi connectivity index (χ1n) is 7.71. The molecule has 0 bridgehead atoms. The van der Waals surface area contributed by atoms with E-state index < -0.39 is 0 Å². The van der Waals surface area contributed by atoms with E-state index in [-0.39, 0.29) is 11.0 Å². The lowest BCUT2D eigenvalue weighted by molar-refractivity contribution is 0.151. The number of aromatic nitrogens is 1. The summed E-state index contributed by atoms with van der Waals surface area (Å²) in [6, 6.07) is 0.683. The van der Waals surface area contributed by atoms with Crippen molar-refractivity contribution in [2.24, 2.45) is 5.92 Å². The fraction of sp³-hybridized carbons (Fsp3) is 0.812. The van der Waals surface area contributed by atoms with Crippen molar-refractivity contribution in [3.8, 4) is 0 Å². The molecule has 20 heavy (non-hydrogen) atoms. The van der Waals surface area contributed by atoms with Gasteiger partial charge in [-0.3, -0.25) is 0 Å². The monoisotopic (exact) mass is 294 g/mol. The first-order chi connectivity index (χ1) is 9.39. The Kier molecular flexibility index (Phi) is 3.68. The van der Waals surface area contributed by atoms with E-state index in [0.29, 0.717) is 12.0 Å². The molecule has 1 aliphatic carbocycles. The molecule has 2 unspecified atom stereocenters. The molecule has 1 N–H and O–H groups in total. The molecule has 1 aliphatic heterocycles. The highest BCUT2D eigenvalue weighted by atomic mass is 32.1. The van der Waals surface area contributed by atoms with Crippen molar-refractivity contribution in [3.63, 3.8) is 0 Å². The lowest BCUT2D eigenvalue weighted by Gasteiger charge is -2.34. The number of nitrogens with zero attached hydrogens (tertiary/aromatic N) is 1. The highest BCUT2D eigenvalue weighted by molar-refractivity contribution is 7.09. The van der Waals surface area contributed by atoms with Gasteiger partial charge in [0, 0.05) is 29.4 Å².